The minimum absolute atomic E-state index is 0.315. The number of hydrogen-bond donors (Lipinski definition) is 2. The summed E-state index contributed by atoms with van der Waals surface area (Å²) in [5.74, 6) is 0.338. The average Bonchev–Trinajstić information content (AvgIpc) is 3.50. The highest BCUT2D eigenvalue weighted by Crippen LogP contribution is 2.29. The number of nitrogens with one attached hydrogen (secondary N) is 2. The quantitative estimate of drug-likeness (QED) is 0.128. The summed E-state index contributed by atoms with van der Waals surface area (Å²) in [5, 5.41) is 13.1. The number of hydrogen-bond acceptors (Lipinski definition) is 6. The van der Waals surface area contributed by atoms with E-state index in [2.05, 4.69) is 34.9 Å². The summed E-state index contributed by atoms with van der Waals surface area (Å²) in [6, 6.07) is 34.9. The minimum Gasteiger partial charge on any atom is -0.488 e. The summed E-state index contributed by atoms with van der Waals surface area (Å²) in [6.45, 7) is 2.41. The zero-order valence-corrected chi connectivity index (χ0v) is 24.8. The first-order valence-corrected chi connectivity index (χ1v) is 14.9. The van der Waals surface area contributed by atoms with E-state index < -0.39 is 0 Å². The van der Waals surface area contributed by atoms with Gasteiger partial charge in [-0.05, 0) is 65.7 Å². The van der Waals surface area contributed by atoms with Gasteiger partial charge in [0.1, 0.15) is 12.4 Å². The van der Waals surface area contributed by atoms with E-state index in [1.807, 2.05) is 90.3 Å². The van der Waals surface area contributed by atoms with Gasteiger partial charge in [-0.25, -0.2) is 10.4 Å². The zero-order chi connectivity index (χ0) is 29.6. The Morgan fingerprint density at radius 2 is 1.77 bits per heavy atom. The maximum Gasteiger partial charge on any atom is 0.271 e. The van der Waals surface area contributed by atoms with Gasteiger partial charge in [0, 0.05) is 32.8 Å². The second-order valence-electron chi connectivity index (χ2n) is 9.92. The predicted molar refractivity (Wildman–Crippen MR) is 177 cm³/mol. The van der Waals surface area contributed by atoms with E-state index in [0.29, 0.717) is 22.9 Å². The smallest absolute Gasteiger partial charge is 0.271 e. The van der Waals surface area contributed by atoms with Crippen LogP contribution in [0.25, 0.3) is 22.0 Å². The number of amides is 1. The van der Waals surface area contributed by atoms with Gasteiger partial charge in [0.15, 0.2) is 5.13 Å². The first-order valence-electron chi connectivity index (χ1n) is 13.6. The average molecular weight is 603 g/mol. The predicted octanol–water partition coefficient (Wildman–Crippen LogP) is 9.01. The molecule has 0 fully saturated rings. The van der Waals surface area contributed by atoms with Crippen LogP contribution in [-0.4, -0.2) is 17.1 Å². The molecule has 1 aromatic heterocycles. The molecule has 6 rings (SSSR count). The van der Waals surface area contributed by atoms with Gasteiger partial charge in [-0.1, -0.05) is 83.9 Å². The Bertz CT molecular complexity index is 1920. The fourth-order valence-electron chi connectivity index (χ4n) is 4.56. The number of hydrazone groups is 1. The highest BCUT2D eigenvalue weighted by Gasteiger charge is 2.11. The minimum atomic E-state index is -0.315. The van der Waals surface area contributed by atoms with Gasteiger partial charge in [0.2, 0.25) is 0 Å². The fraction of sp³-hybridized carbons (Fsp3) is 0.0571. The molecule has 1 amide bonds. The van der Waals surface area contributed by atoms with Gasteiger partial charge in [0.05, 0.1) is 11.9 Å². The molecule has 0 bridgehead atoms. The zero-order valence-electron chi connectivity index (χ0n) is 23.3. The van der Waals surface area contributed by atoms with Crippen LogP contribution >= 0.6 is 22.9 Å². The Morgan fingerprint density at radius 1 is 0.953 bits per heavy atom. The van der Waals surface area contributed by atoms with E-state index >= 15 is 0 Å². The van der Waals surface area contributed by atoms with Gasteiger partial charge in [0.25, 0.3) is 5.91 Å². The number of rotatable bonds is 9. The number of fused-ring (bicyclic) bond motifs is 1. The number of carbonyl (C=O) groups excluding carboxylic acids is 1. The van der Waals surface area contributed by atoms with Crippen molar-refractivity contribution in [3.8, 4) is 17.0 Å². The third kappa shape index (κ3) is 6.92. The Labute approximate surface area is 258 Å². The SMILES string of the molecule is Cc1ccc(Nc2nc(-c3ccc(C(=O)N/N=C\c4c(OCc5cccc(Cl)c5)ccc5ccccc45)cc3)cs2)cc1. The monoisotopic (exact) mass is 602 g/mol. The Morgan fingerprint density at radius 3 is 2.58 bits per heavy atom. The number of aryl methyl sites for hydroxylation is 1. The molecule has 0 aliphatic heterocycles. The van der Waals surface area contributed by atoms with Crippen molar-refractivity contribution in [3.63, 3.8) is 0 Å². The normalized spacial score (nSPS) is 11.1. The van der Waals surface area contributed by atoms with Crippen molar-refractivity contribution in [2.45, 2.75) is 13.5 Å². The molecule has 0 aliphatic carbocycles. The van der Waals surface area contributed by atoms with Crippen molar-refractivity contribution in [3.05, 3.63) is 142 Å². The second kappa shape index (κ2) is 12.9. The van der Waals surface area contributed by atoms with Crippen LogP contribution in [0.15, 0.2) is 120 Å². The Hall–Kier alpha value is -4.98. The summed E-state index contributed by atoms with van der Waals surface area (Å²) in [6.07, 6.45) is 1.62. The Balaban J connectivity index is 1.13. The number of anilines is 2. The highest BCUT2D eigenvalue weighted by atomic mass is 35.5. The van der Waals surface area contributed by atoms with Crippen molar-refractivity contribution in [2.24, 2.45) is 5.10 Å². The third-order valence-corrected chi connectivity index (χ3v) is 7.82. The van der Waals surface area contributed by atoms with Crippen molar-refractivity contribution < 1.29 is 9.53 Å². The first kappa shape index (κ1) is 28.2. The maximum absolute atomic E-state index is 12.9. The lowest BCUT2D eigenvalue weighted by Crippen LogP contribution is -2.17. The first-order chi connectivity index (χ1) is 21.0. The molecular weight excluding hydrogens is 576 g/mol. The van der Waals surface area contributed by atoms with E-state index in [4.69, 9.17) is 21.3 Å². The molecule has 2 N–H and O–H groups in total. The summed E-state index contributed by atoms with van der Waals surface area (Å²) in [5.41, 5.74) is 8.82. The van der Waals surface area contributed by atoms with Crippen LogP contribution in [0.2, 0.25) is 5.02 Å². The largest absolute Gasteiger partial charge is 0.488 e. The number of halogens is 1. The molecule has 43 heavy (non-hydrogen) atoms. The van der Waals surface area contributed by atoms with Gasteiger partial charge in [-0.3, -0.25) is 4.79 Å². The van der Waals surface area contributed by atoms with Crippen LogP contribution in [0.3, 0.4) is 0 Å². The molecule has 6 nitrogen and oxygen atoms in total. The van der Waals surface area contributed by atoms with Crippen LogP contribution in [0.1, 0.15) is 27.0 Å². The number of aromatic nitrogens is 1. The van der Waals surface area contributed by atoms with Crippen LogP contribution < -0.4 is 15.5 Å². The van der Waals surface area contributed by atoms with E-state index in [1.54, 1.807) is 18.3 Å². The number of thiazole rings is 1. The van der Waals surface area contributed by atoms with Crippen LogP contribution in [0, 0.1) is 6.92 Å². The van der Waals surface area contributed by atoms with Gasteiger partial charge >= 0.3 is 0 Å². The molecule has 0 saturated heterocycles. The molecule has 212 valence electrons. The van der Waals surface area contributed by atoms with E-state index in [-0.39, 0.29) is 5.91 Å². The fourth-order valence-corrected chi connectivity index (χ4v) is 5.51. The van der Waals surface area contributed by atoms with Crippen molar-refractivity contribution >= 4 is 56.7 Å². The topological polar surface area (TPSA) is 75.6 Å². The van der Waals surface area contributed by atoms with Crippen molar-refractivity contribution in [1.82, 2.24) is 10.4 Å². The van der Waals surface area contributed by atoms with Gasteiger partial charge < -0.3 is 10.1 Å². The van der Waals surface area contributed by atoms with E-state index in [9.17, 15) is 4.79 Å². The standard InChI is InChI=1S/C35H27ClN4O2S/c1-23-9-16-29(17-10-23)38-35-39-32(22-43-35)26-11-13-27(14-12-26)34(41)40-37-20-31-30-8-3-2-6-25(30)15-18-33(31)42-21-24-5-4-7-28(36)19-24/h2-20,22H,21H2,1H3,(H,38,39)(H,40,41)/b37-20-. The van der Waals surface area contributed by atoms with Crippen molar-refractivity contribution in [1.29, 1.82) is 0 Å². The van der Waals surface area contributed by atoms with Crippen LogP contribution in [0.4, 0.5) is 10.8 Å². The summed E-state index contributed by atoms with van der Waals surface area (Å²) < 4.78 is 6.15. The molecule has 0 spiro atoms. The highest BCUT2D eigenvalue weighted by molar-refractivity contribution is 7.14. The van der Waals surface area contributed by atoms with E-state index in [0.717, 1.165) is 44.0 Å². The molecule has 6 aromatic rings. The number of ether oxygens (including phenoxy) is 1. The van der Waals surface area contributed by atoms with Crippen LogP contribution in [-0.2, 0) is 6.61 Å². The molecule has 0 atom stereocenters. The van der Waals surface area contributed by atoms with E-state index in [1.165, 1.54) is 16.9 Å². The summed E-state index contributed by atoms with van der Waals surface area (Å²) >= 11 is 7.67. The molecule has 0 unspecified atom stereocenters. The lowest BCUT2D eigenvalue weighted by Gasteiger charge is -2.12. The molecule has 0 aliphatic rings. The van der Waals surface area contributed by atoms with Crippen LogP contribution in [0.5, 0.6) is 5.75 Å². The molecule has 5 aromatic carbocycles. The lowest BCUT2D eigenvalue weighted by molar-refractivity contribution is 0.0955. The molecule has 1 heterocycles. The molecule has 8 heteroatoms. The number of carbonyl (C=O) groups is 1. The second-order valence-corrected chi connectivity index (χ2v) is 11.2. The number of nitrogens with zero attached hydrogens (tertiary/aromatic N) is 2. The maximum atomic E-state index is 12.9. The molecule has 0 saturated carbocycles. The van der Waals surface area contributed by atoms with Gasteiger partial charge in [-0.15, -0.1) is 11.3 Å². The van der Waals surface area contributed by atoms with Gasteiger partial charge in [-0.2, -0.15) is 5.10 Å². The number of benzene rings is 5. The van der Waals surface area contributed by atoms with Crippen molar-refractivity contribution in [2.75, 3.05) is 5.32 Å². The Kier molecular flexibility index (Phi) is 8.45. The molecule has 0 radical (unpaired) electrons. The molecular formula is C35H27ClN4O2S. The lowest BCUT2D eigenvalue weighted by atomic mass is 10.0. The summed E-state index contributed by atoms with van der Waals surface area (Å²) in [4.78, 5) is 17.6. The third-order valence-electron chi connectivity index (χ3n) is 6.82. The summed E-state index contributed by atoms with van der Waals surface area (Å²) in [7, 11) is 0.